The second kappa shape index (κ2) is 6.34. The van der Waals surface area contributed by atoms with Crippen molar-refractivity contribution in [3.05, 3.63) is 21.9 Å². The summed E-state index contributed by atoms with van der Waals surface area (Å²) in [4.78, 5) is 1.06. The monoisotopic (exact) mass is 263 g/mol. The van der Waals surface area contributed by atoms with E-state index in [1.54, 1.807) is 11.3 Å². The van der Waals surface area contributed by atoms with Gasteiger partial charge < -0.3 is 5.11 Å². The van der Waals surface area contributed by atoms with E-state index in [1.807, 2.05) is 18.4 Å². The lowest BCUT2D eigenvalue weighted by Crippen LogP contribution is -2.26. The van der Waals surface area contributed by atoms with Crippen molar-refractivity contribution < 1.29 is 13.5 Å². The van der Waals surface area contributed by atoms with Crippen LogP contribution in [0.3, 0.4) is 0 Å². The Labute approximate surface area is 100 Å². The number of thiophene rings is 1. The van der Waals surface area contributed by atoms with Gasteiger partial charge in [-0.15, -0.1) is 11.3 Å². The fraction of sp³-hybridized carbons (Fsp3) is 0.600. The minimum atomic E-state index is -3.25. The minimum absolute atomic E-state index is 0.0175. The van der Waals surface area contributed by atoms with Crippen molar-refractivity contribution >= 4 is 21.4 Å². The van der Waals surface area contributed by atoms with Crippen LogP contribution in [0, 0.1) is 0 Å². The summed E-state index contributed by atoms with van der Waals surface area (Å²) >= 11 is 1.56. The van der Waals surface area contributed by atoms with Gasteiger partial charge in [-0.3, -0.25) is 0 Å². The van der Waals surface area contributed by atoms with Gasteiger partial charge in [0.2, 0.25) is 10.0 Å². The lowest BCUT2D eigenvalue weighted by atomic mass is 10.2. The summed E-state index contributed by atoms with van der Waals surface area (Å²) in [5, 5.41) is 10.5. The van der Waals surface area contributed by atoms with Crippen LogP contribution in [0.15, 0.2) is 11.4 Å². The van der Waals surface area contributed by atoms with Crippen molar-refractivity contribution in [2.75, 3.05) is 12.4 Å². The second-order valence-electron chi connectivity index (χ2n) is 3.44. The molecular formula is C10H17NO3S2. The van der Waals surface area contributed by atoms with Gasteiger partial charge in [0.25, 0.3) is 0 Å². The Hall–Kier alpha value is -0.430. The number of hydrogen-bond acceptors (Lipinski definition) is 4. The molecule has 0 aromatic carbocycles. The molecule has 1 rings (SSSR count). The van der Waals surface area contributed by atoms with Gasteiger partial charge in [0.15, 0.2) is 0 Å². The highest BCUT2D eigenvalue weighted by Crippen LogP contribution is 2.17. The molecule has 0 aliphatic carbocycles. The van der Waals surface area contributed by atoms with Crippen molar-refractivity contribution in [2.45, 2.75) is 26.3 Å². The van der Waals surface area contributed by atoms with E-state index < -0.39 is 10.0 Å². The van der Waals surface area contributed by atoms with Gasteiger partial charge in [-0.25, -0.2) is 13.1 Å². The van der Waals surface area contributed by atoms with Crippen LogP contribution in [0.5, 0.6) is 0 Å². The normalized spacial score (nSPS) is 11.9. The van der Waals surface area contributed by atoms with Crippen LogP contribution in [0.2, 0.25) is 0 Å². The topological polar surface area (TPSA) is 66.4 Å². The van der Waals surface area contributed by atoms with Gasteiger partial charge in [0, 0.05) is 18.0 Å². The first-order valence-corrected chi connectivity index (χ1v) is 7.75. The van der Waals surface area contributed by atoms with Crippen molar-refractivity contribution in [3.63, 3.8) is 0 Å². The molecule has 16 heavy (non-hydrogen) atoms. The zero-order valence-electron chi connectivity index (χ0n) is 9.27. The van der Waals surface area contributed by atoms with Gasteiger partial charge in [-0.05, 0) is 29.9 Å². The molecule has 6 heteroatoms. The van der Waals surface area contributed by atoms with Crippen LogP contribution in [0.25, 0.3) is 0 Å². The molecule has 0 amide bonds. The summed E-state index contributed by atoms with van der Waals surface area (Å²) in [6, 6.07) is 2.02. The van der Waals surface area contributed by atoms with Gasteiger partial charge in [0.1, 0.15) is 0 Å². The standard InChI is InChI=1S/C10H17NO3S2/c1-2-9-4-6-15-10(9)8-11-16(13,14)7-3-5-12/h4,6,11-12H,2-3,5,7-8H2,1H3. The Morgan fingerprint density at radius 2 is 2.25 bits per heavy atom. The molecule has 0 saturated heterocycles. The Bertz CT molecular complexity index is 411. The first-order valence-electron chi connectivity index (χ1n) is 5.22. The fourth-order valence-electron chi connectivity index (χ4n) is 1.34. The van der Waals surface area contributed by atoms with Crippen LogP contribution in [-0.4, -0.2) is 25.9 Å². The number of aryl methyl sites for hydroxylation is 1. The van der Waals surface area contributed by atoms with Crippen LogP contribution < -0.4 is 4.72 Å². The molecule has 0 atom stereocenters. The Morgan fingerprint density at radius 1 is 1.50 bits per heavy atom. The number of aliphatic hydroxyl groups excluding tert-OH is 1. The van der Waals surface area contributed by atoms with Gasteiger partial charge in [0.05, 0.1) is 5.75 Å². The lowest BCUT2D eigenvalue weighted by molar-refractivity contribution is 0.295. The second-order valence-corrected chi connectivity index (χ2v) is 6.37. The largest absolute Gasteiger partial charge is 0.396 e. The zero-order valence-corrected chi connectivity index (χ0v) is 10.9. The van der Waals surface area contributed by atoms with E-state index in [-0.39, 0.29) is 18.8 Å². The lowest BCUT2D eigenvalue weighted by Gasteiger charge is -2.05. The molecule has 0 saturated carbocycles. The molecule has 0 radical (unpaired) electrons. The fourth-order valence-corrected chi connectivity index (χ4v) is 3.36. The summed E-state index contributed by atoms with van der Waals surface area (Å²) in [7, 11) is -3.25. The maximum absolute atomic E-state index is 11.5. The molecule has 0 unspecified atom stereocenters. The summed E-state index contributed by atoms with van der Waals surface area (Å²) in [6.45, 7) is 2.31. The molecule has 92 valence electrons. The van der Waals surface area contributed by atoms with E-state index in [2.05, 4.69) is 4.72 Å². The Kier molecular flexibility index (Phi) is 5.40. The summed E-state index contributed by atoms with van der Waals surface area (Å²) in [5.41, 5.74) is 1.19. The summed E-state index contributed by atoms with van der Waals surface area (Å²) in [6.07, 6.45) is 1.19. The summed E-state index contributed by atoms with van der Waals surface area (Å²) < 4.78 is 25.5. The predicted molar refractivity (Wildman–Crippen MR) is 66.0 cm³/mol. The average Bonchev–Trinajstić information content (AvgIpc) is 2.71. The third-order valence-electron chi connectivity index (χ3n) is 2.24. The molecule has 4 nitrogen and oxygen atoms in total. The Balaban J connectivity index is 2.51. The zero-order chi connectivity index (χ0) is 12.0. The van der Waals surface area contributed by atoms with Crippen molar-refractivity contribution in [1.82, 2.24) is 4.72 Å². The first kappa shape index (κ1) is 13.6. The molecule has 0 aliphatic rings. The highest BCUT2D eigenvalue weighted by molar-refractivity contribution is 7.89. The van der Waals surface area contributed by atoms with Crippen LogP contribution in [-0.2, 0) is 23.0 Å². The molecule has 2 N–H and O–H groups in total. The molecule has 1 aromatic rings. The maximum Gasteiger partial charge on any atom is 0.212 e. The van der Waals surface area contributed by atoms with Crippen LogP contribution in [0.1, 0.15) is 23.8 Å². The highest BCUT2D eigenvalue weighted by atomic mass is 32.2. The van der Waals surface area contributed by atoms with Gasteiger partial charge in [-0.2, -0.15) is 0 Å². The minimum Gasteiger partial charge on any atom is -0.396 e. The van der Waals surface area contributed by atoms with E-state index in [0.717, 1.165) is 11.3 Å². The highest BCUT2D eigenvalue weighted by Gasteiger charge is 2.10. The van der Waals surface area contributed by atoms with Crippen molar-refractivity contribution in [1.29, 1.82) is 0 Å². The average molecular weight is 263 g/mol. The van der Waals surface area contributed by atoms with Crippen LogP contribution in [0.4, 0.5) is 0 Å². The van der Waals surface area contributed by atoms with E-state index in [9.17, 15) is 8.42 Å². The number of hydrogen-bond donors (Lipinski definition) is 2. The first-order chi connectivity index (χ1) is 7.59. The third-order valence-corrected chi connectivity index (χ3v) is 4.62. The summed E-state index contributed by atoms with van der Waals surface area (Å²) in [5.74, 6) is -0.0175. The number of nitrogens with one attached hydrogen (secondary N) is 1. The predicted octanol–water partition coefficient (Wildman–Crippen LogP) is 1.11. The number of sulfonamides is 1. The van der Waals surface area contributed by atoms with Gasteiger partial charge in [-0.1, -0.05) is 6.92 Å². The third kappa shape index (κ3) is 4.21. The van der Waals surface area contributed by atoms with Gasteiger partial charge >= 0.3 is 0 Å². The molecule has 0 bridgehead atoms. The molecule has 0 aliphatic heterocycles. The van der Waals surface area contributed by atoms with E-state index in [4.69, 9.17) is 5.11 Å². The number of rotatable bonds is 7. The maximum atomic E-state index is 11.5. The molecular weight excluding hydrogens is 246 g/mol. The van der Waals surface area contributed by atoms with E-state index >= 15 is 0 Å². The van der Waals surface area contributed by atoms with Crippen LogP contribution >= 0.6 is 11.3 Å². The van der Waals surface area contributed by atoms with E-state index in [1.165, 1.54) is 5.56 Å². The van der Waals surface area contributed by atoms with Crippen molar-refractivity contribution in [2.24, 2.45) is 0 Å². The van der Waals surface area contributed by atoms with Crippen molar-refractivity contribution in [3.8, 4) is 0 Å². The molecule has 1 aromatic heterocycles. The quantitative estimate of drug-likeness (QED) is 0.774. The smallest absolute Gasteiger partial charge is 0.212 e. The number of aliphatic hydroxyl groups is 1. The molecule has 0 spiro atoms. The Morgan fingerprint density at radius 3 is 2.88 bits per heavy atom. The molecule has 0 fully saturated rings. The van der Waals surface area contributed by atoms with E-state index in [0.29, 0.717) is 6.54 Å². The molecule has 1 heterocycles. The SMILES string of the molecule is CCc1ccsc1CNS(=O)(=O)CCCO.